The highest BCUT2D eigenvalue weighted by atomic mass is 16.5. The lowest BCUT2D eigenvalue weighted by molar-refractivity contribution is -0.0287. The molecular formula is C15H21N5O2. The molecule has 0 aliphatic carbocycles. The van der Waals surface area contributed by atoms with Crippen LogP contribution in [0.2, 0.25) is 0 Å². The standard InChI is InChI=1S/C15H21N5O2/c1-12-8-13(22-18-12)10-20-6-7-21-14(11-20)9-19(2)15-4-3-5-16-17-15/h3-5,8,14H,6-7,9-11H2,1-2H3. The molecule has 1 aliphatic rings. The first-order valence-corrected chi connectivity index (χ1v) is 7.45. The lowest BCUT2D eigenvalue weighted by atomic mass is 10.2. The molecule has 0 bridgehead atoms. The second-order valence-corrected chi connectivity index (χ2v) is 5.62. The van der Waals surface area contributed by atoms with Gasteiger partial charge in [-0.1, -0.05) is 5.16 Å². The largest absolute Gasteiger partial charge is 0.374 e. The van der Waals surface area contributed by atoms with Gasteiger partial charge in [0.05, 0.1) is 24.9 Å². The SMILES string of the molecule is Cc1cc(CN2CCOC(CN(C)c3cccnn3)C2)on1. The number of nitrogens with zero attached hydrogens (tertiary/aromatic N) is 5. The summed E-state index contributed by atoms with van der Waals surface area (Å²) in [5.74, 6) is 1.76. The molecule has 1 saturated heterocycles. The normalized spacial score (nSPS) is 19.3. The van der Waals surface area contributed by atoms with E-state index in [-0.39, 0.29) is 6.10 Å². The number of ether oxygens (including phenoxy) is 1. The number of aromatic nitrogens is 3. The van der Waals surface area contributed by atoms with E-state index in [1.807, 2.05) is 32.2 Å². The Morgan fingerprint density at radius 1 is 1.45 bits per heavy atom. The van der Waals surface area contributed by atoms with Gasteiger partial charge in [0.1, 0.15) is 0 Å². The first-order chi connectivity index (χ1) is 10.7. The van der Waals surface area contributed by atoms with Crippen molar-refractivity contribution in [1.82, 2.24) is 20.3 Å². The van der Waals surface area contributed by atoms with Crippen molar-refractivity contribution >= 4 is 5.82 Å². The van der Waals surface area contributed by atoms with Crippen molar-refractivity contribution in [2.24, 2.45) is 0 Å². The molecule has 2 aromatic rings. The summed E-state index contributed by atoms with van der Waals surface area (Å²) in [4.78, 5) is 4.40. The number of morpholine rings is 1. The van der Waals surface area contributed by atoms with Crippen LogP contribution in [-0.2, 0) is 11.3 Å². The van der Waals surface area contributed by atoms with E-state index in [9.17, 15) is 0 Å². The fourth-order valence-electron chi connectivity index (χ4n) is 2.64. The summed E-state index contributed by atoms with van der Waals surface area (Å²) in [5, 5.41) is 12.0. The Bertz CT molecular complexity index is 589. The maximum atomic E-state index is 5.87. The van der Waals surface area contributed by atoms with E-state index in [4.69, 9.17) is 9.26 Å². The average Bonchev–Trinajstić information content (AvgIpc) is 2.93. The average molecular weight is 303 g/mol. The van der Waals surface area contributed by atoms with Gasteiger partial charge in [0.2, 0.25) is 0 Å². The summed E-state index contributed by atoms with van der Waals surface area (Å²) < 4.78 is 11.2. The molecule has 22 heavy (non-hydrogen) atoms. The molecule has 1 fully saturated rings. The molecule has 3 heterocycles. The van der Waals surface area contributed by atoms with Crippen molar-refractivity contribution in [3.8, 4) is 0 Å². The molecule has 0 amide bonds. The van der Waals surface area contributed by atoms with Crippen LogP contribution in [0.1, 0.15) is 11.5 Å². The van der Waals surface area contributed by atoms with Crippen LogP contribution >= 0.6 is 0 Å². The third-order valence-electron chi connectivity index (χ3n) is 3.71. The highest BCUT2D eigenvalue weighted by Gasteiger charge is 2.23. The zero-order valence-corrected chi connectivity index (χ0v) is 13.0. The highest BCUT2D eigenvalue weighted by Crippen LogP contribution is 2.14. The van der Waals surface area contributed by atoms with Gasteiger partial charge in [-0.3, -0.25) is 4.90 Å². The topological polar surface area (TPSA) is 67.5 Å². The molecule has 1 aliphatic heterocycles. The first-order valence-electron chi connectivity index (χ1n) is 7.45. The first kappa shape index (κ1) is 14.9. The molecule has 7 heteroatoms. The second-order valence-electron chi connectivity index (χ2n) is 5.62. The molecule has 3 rings (SSSR count). The molecule has 1 atom stereocenters. The van der Waals surface area contributed by atoms with Gasteiger partial charge in [-0.15, -0.1) is 5.10 Å². The molecule has 0 aromatic carbocycles. The van der Waals surface area contributed by atoms with Crippen molar-refractivity contribution < 1.29 is 9.26 Å². The smallest absolute Gasteiger partial charge is 0.151 e. The van der Waals surface area contributed by atoms with Crippen molar-refractivity contribution in [3.63, 3.8) is 0 Å². The van der Waals surface area contributed by atoms with Crippen LogP contribution in [0.15, 0.2) is 28.9 Å². The second kappa shape index (κ2) is 6.85. The number of likely N-dealkylation sites (N-methyl/N-ethyl adjacent to an activating group) is 1. The van der Waals surface area contributed by atoms with Crippen LogP contribution in [0.4, 0.5) is 5.82 Å². The van der Waals surface area contributed by atoms with Gasteiger partial charge in [0.15, 0.2) is 11.6 Å². The Morgan fingerprint density at radius 3 is 3.09 bits per heavy atom. The van der Waals surface area contributed by atoms with Crippen molar-refractivity contribution in [2.75, 3.05) is 38.2 Å². The Morgan fingerprint density at radius 2 is 2.36 bits per heavy atom. The van der Waals surface area contributed by atoms with E-state index in [0.717, 1.165) is 50.1 Å². The number of aryl methyl sites for hydroxylation is 1. The van der Waals surface area contributed by atoms with Gasteiger partial charge in [0, 0.05) is 38.9 Å². The van der Waals surface area contributed by atoms with E-state index < -0.39 is 0 Å². The van der Waals surface area contributed by atoms with E-state index in [1.165, 1.54) is 0 Å². The fraction of sp³-hybridized carbons (Fsp3) is 0.533. The quantitative estimate of drug-likeness (QED) is 0.819. The van der Waals surface area contributed by atoms with Crippen LogP contribution in [0.3, 0.4) is 0 Å². The molecule has 2 aromatic heterocycles. The van der Waals surface area contributed by atoms with Gasteiger partial charge in [-0.25, -0.2) is 0 Å². The summed E-state index contributed by atoms with van der Waals surface area (Å²) in [6.45, 7) is 5.99. The summed E-state index contributed by atoms with van der Waals surface area (Å²) in [6.07, 6.45) is 1.82. The summed E-state index contributed by atoms with van der Waals surface area (Å²) in [7, 11) is 2.01. The van der Waals surface area contributed by atoms with E-state index in [1.54, 1.807) is 6.20 Å². The Balaban J connectivity index is 1.54. The molecule has 7 nitrogen and oxygen atoms in total. The zero-order chi connectivity index (χ0) is 15.4. The summed E-state index contributed by atoms with van der Waals surface area (Å²) in [5.41, 5.74) is 0.919. The predicted octanol–water partition coefficient (Wildman–Crippen LogP) is 1.11. The van der Waals surface area contributed by atoms with E-state index in [0.29, 0.717) is 0 Å². The van der Waals surface area contributed by atoms with Gasteiger partial charge < -0.3 is 14.2 Å². The van der Waals surface area contributed by atoms with Crippen LogP contribution in [0.5, 0.6) is 0 Å². The van der Waals surface area contributed by atoms with Crippen molar-refractivity contribution in [1.29, 1.82) is 0 Å². The predicted molar refractivity (Wildman–Crippen MR) is 81.6 cm³/mol. The number of hydrogen-bond acceptors (Lipinski definition) is 7. The van der Waals surface area contributed by atoms with Gasteiger partial charge >= 0.3 is 0 Å². The van der Waals surface area contributed by atoms with E-state index >= 15 is 0 Å². The van der Waals surface area contributed by atoms with Crippen LogP contribution in [-0.4, -0.2) is 59.6 Å². The molecular weight excluding hydrogens is 282 g/mol. The molecule has 0 N–H and O–H groups in total. The lowest BCUT2D eigenvalue weighted by Crippen LogP contribution is -2.46. The Labute approximate surface area is 129 Å². The van der Waals surface area contributed by atoms with Crippen molar-refractivity contribution in [3.05, 3.63) is 35.9 Å². The summed E-state index contributed by atoms with van der Waals surface area (Å²) in [6, 6.07) is 5.82. The monoisotopic (exact) mass is 303 g/mol. The van der Waals surface area contributed by atoms with Crippen LogP contribution in [0.25, 0.3) is 0 Å². The van der Waals surface area contributed by atoms with Gasteiger partial charge in [0.25, 0.3) is 0 Å². The molecule has 0 radical (unpaired) electrons. The molecule has 0 spiro atoms. The third kappa shape index (κ3) is 3.80. The van der Waals surface area contributed by atoms with Gasteiger partial charge in [-0.05, 0) is 19.1 Å². The number of hydrogen-bond donors (Lipinski definition) is 0. The summed E-state index contributed by atoms with van der Waals surface area (Å²) >= 11 is 0. The lowest BCUT2D eigenvalue weighted by Gasteiger charge is -2.34. The Hall–Kier alpha value is -1.99. The molecule has 118 valence electrons. The molecule has 1 unspecified atom stereocenters. The minimum Gasteiger partial charge on any atom is -0.374 e. The zero-order valence-electron chi connectivity index (χ0n) is 13.0. The highest BCUT2D eigenvalue weighted by molar-refractivity contribution is 5.35. The minimum absolute atomic E-state index is 0.143. The van der Waals surface area contributed by atoms with Crippen LogP contribution < -0.4 is 4.90 Å². The number of rotatable bonds is 5. The maximum absolute atomic E-state index is 5.87. The number of anilines is 1. The molecule has 0 saturated carbocycles. The minimum atomic E-state index is 0.143. The van der Waals surface area contributed by atoms with E-state index in [2.05, 4.69) is 25.2 Å². The third-order valence-corrected chi connectivity index (χ3v) is 3.71. The maximum Gasteiger partial charge on any atom is 0.151 e. The van der Waals surface area contributed by atoms with Crippen molar-refractivity contribution in [2.45, 2.75) is 19.6 Å². The van der Waals surface area contributed by atoms with Crippen LogP contribution in [0, 0.1) is 6.92 Å². The van der Waals surface area contributed by atoms with Gasteiger partial charge in [-0.2, -0.15) is 5.10 Å². The Kier molecular flexibility index (Phi) is 4.65. The fourth-order valence-corrected chi connectivity index (χ4v) is 2.64.